The second-order valence-electron chi connectivity index (χ2n) is 5.22. The van der Waals surface area contributed by atoms with Gasteiger partial charge in [-0.2, -0.15) is 0 Å². The summed E-state index contributed by atoms with van der Waals surface area (Å²) in [5.74, 6) is -0.403. The molecule has 0 fully saturated rings. The number of hydrazine groups is 1. The normalized spacial score (nSPS) is 10.2. The van der Waals surface area contributed by atoms with Crippen molar-refractivity contribution in [3.63, 3.8) is 0 Å². The Bertz CT molecular complexity index is 758. The van der Waals surface area contributed by atoms with Gasteiger partial charge in [0.1, 0.15) is 5.75 Å². The van der Waals surface area contributed by atoms with Gasteiger partial charge in [0.05, 0.1) is 0 Å². The molecule has 2 rings (SSSR count). The van der Waals surface area contributed by atoms with Crippen LogP contribution in [-0.4, -0.2) is 18.4 Å². The number of ether oxygens (including phenoxy) is 1. The Labute approximate surface area is 149 Å². The molecule has 24 heavy (non-hydrogen) atoms. The summed E-state index contributed by atoms with van der Waals surface area (Å²) in [5.41, 5.74) is 6.83. The SMILES string of the molecule is Cc1ccc(OCC(=O)NNC(=O)c2cc(Cl)cc(Cl)c2)c(C)c1. The van der Waals surface area contributed by atoms with Crippen LogP contribution in [0.3, 0.4) is 0 Å². The zero-order chi connectivity index (χ0) is 17.7. The topological polar surface area (TPSA) is 67.4 Å². The van der Waals surface area contributed by atoms with Crippen molar-refractivity contribution in [2.75, 3.05) is 6.61 Å². The standard InChI is InChI=1S/C17H16Cl2N2O3/c1-10-3-4-15(11(2)5-10)24-9-16(22)20-21-17(23)12-6-13(18)8-14(19)7-12/h3-8H,9H2,1-2H3,(H,20,22)(H,21,23). The molecule has 0 aromatic heterocycles. The first-order valence-corrected chi connectivity index (χ1v) is 7.86. The predicted octanol–water partition coefficient (Wildman–Crippen LogP) is 3.45. The van der Waals surface area contributed by atoms with Gasteiger partial charge in [0, 0.05) is 15.6 Å². The zero-order valence-electron chi connectivity index (χ0n) is 13.2. The smallest absolute Gasteiger partial charge is 0.276 e. The van der Waals surface area contributed by atoms with Crippen LogP contribution in [0.5, 0.6) is 5.75 Å². The molecular formula is C17H16Cl2N2O3. The average molecular weight is 367 g/mol. The van der Waals surface area contributed by atoms with Crippen LogP contribution in [0, 0.1) is 13.8 Å². The lowest BCUT2D eigenvalue weighted by Gasteiger charge is -2.11. The van der Waals surface area contributed by atoms with Crippen molar-refractivity contribution in [3.05, 3.63) is 63.1 Å². The number of hydrogen-bond donors (Lipinski definition) is 2. The molecule has 0 aliphatic carbocycles. The van der Waals surface area contributed by atoms with E-state index in [-0.39, 0.29) is 12.2 Å². The summed E-state index contributed by atoms with van der Waals surface area (Å²) in [5, 5.41) is 0.661. The number of halogens is 2. The van der Waals surface area contributed by atoms with E-state index in [4.69, 9.17) is 27.9 Å². The highest BCUT2D eigenvalue weighted by molar-refractivity contribution is 6.35. The molecule has 0 radical (unpaired) electrons. The number of amides is 2. The lowest BCUT2D eigenvalue weighted by molar-refractivity contribution is -0.123. The summed E-state index contributed by atoms with van der Waals surface area (Å²) in [4.78, 5) is 23.7. The monoisotopic (exact) mass is 366 g/mol. The van der Waals surface area contributed by atoms with Crippen molar-refractivity contribution in [2.45, 2.75) is 13.8 Å². The number of carbonyl (C=O) groups is 2. The van der Waals surface area contributed by atoms with Gasteiger partial charge in [0.15, 0.2) is 6.61 Å². The van der Waals surface area contributed by atoms with E-state index in [9.17, 15) is 9.59 Å². The Morgan fingerprint density at radius 2 is 1.67 bits per heavy atom. The molecule has 0 unspecified atom stereocenters. The first-order chi connectivity index (χ1) is 11.3. The maximum atomic E-state index is 11.9. The Morgan fingerprint density at radius 1 is 1.00 bits per heavy atom. The second-order valence-corrected chi connectivity index (χ2v) is 6.09. The first-order valence-electron chi connectivity index (χ1n) is 7.10. The van der Waals surface area contributed by atoms with Gasteiger partial charge in [-0.25, -0.2) is 0 Å². The highest BCUT2D eigenvalue weighted by Gasteiger charge is 2.10. The third kappa shape index (κ3) is 5.15. The highest BCUT2D eigenvalue weighted by atomic mass is 35.5. The lowest BCUT2D eigenvalue weighted by Crippen LogP contribution is -2.43. The second kappa shape index (κ2) is 8.04. The molecule has 2 aromatic carbocycles. The third-order valence-corrected chi connectivity index (χ3v) is 3.57. The summed E-state index contributed by atoms with van der Waals surface area (Å²) in [6, 6.07) is 10.0. The number of aryl methyl sites for hydroxylation is 2. The zero-order valence-corrected chi connectivity index (χ0v) is 14.7. The van der Waals surface area contributed by atoms with Crippen LogP contribution in [0.4, 0.5) is 0 Å². The van der Waals surface area contributed by atoms with Crippen molar-refractivity contribution in [1.29, 1.82) is 0 Å². The summed E-state index contributed by atoms with van der Waals surface area (Å²) in [7, 11) is 0. The molecule has 0 atom stereocenters. The van der Waals surface area contributed by atoms with Gasteiger partial charge < -0.3 is 4.74 Å². The number of hydrogen-bond acceptors (Lipinski definition) is 3. The molecule has 2 aromatic rings. The van der Waals surface area contributed by atoms with E-state index in [1.165, 1.54) is 18.2 Å². The molecule has 0 saturated carbocycles. The third-order valence-electron chi connectivity index (χ3n) is 3.13. The molecule has 0 saturated heterocycles. The molecule has 2 N–H and O–H groups in total. The van der Waals surface area contributed by atoms with Crippen LogP contribution >= 0.6 is 23.2 Å². The van der Waals surface area contributed by atoms with Crippen molar-refractivity contribution in [3.8, 4) is 5.75 Å². The van der Waals surface area contributed by atoms with E-state index in [1.807, 2.05) is 26.0 Å². The van der Waals surface area contributed by atoms with Gasteiger partial charge in [-0.1, -0.05) is 40.9 Å². The van der Waals surface area contributed by atoms with Crippen LogP contribution in [0.2, 0.25) is 10.0 Å². The van der Waals surface area contributed by atoms with Gasteiger partial charge in [-0.15, -0.1) is 0 Å². The fourth-order valence-corrected chi connectivity index (χ4v) is 2.55. The van der Waals surface area contributed by atoms with Crippen molar-refractivity contribution < 1.29 is 14.3 Å². The molecule has 0 aliphatic rings. The van der Waals surface area contributed by atoms with Crippen LogP contribution in [0.1, 0.15) is 21.5 Å². The Hall–Kier alpha value is -2.24. The number of rotatable bonds is 4. The molecule has 126 valence electrons. The minimum Gasteiger partial charge on any atom is -0.483 e. The molecule has 7 heteroatoms. The molecule has 0 aliphatic heterocycles. The highest BCUT2D eigenvalue weighted by Crippen LogP contribution is 2.19. The van der Waals surface area contributed by atoms with Crippen molar-refractivity contribution >= 4 is 35.0 Å². The number of carbonyl (C=O) groups excluding carboxylic acids is 2. The maximum Gasteiger partial charge on any atom is 0.276 e. The lowest BCUT2D eigenvalue weighted by atomic mass is 10.1. The van der Waals surface area contributed by atoms with Crippen LogP contribution < -0.4 is 15.6 Å². The largest absolute Gasteiger partial charge is 0.483 e. The van der Waals surface area contributed by atoms with E-state index in [2.05, 4.69) is 10.9 Å². The van der Waals surface area contributed by atoms with Gasteiger partial charge in [0.25, 0.3) is 11.8 Å². The molecule has 5 nitrogen and oxygen atoms in total. The fraction of sp³-hybridized carbons (Fsp3) is 0.176. The first kappa shape index (κ1) is 18.1. The average Bonchev–Trinajstić information content (AvgIpc) is 2.50. The van der Waals surface area contributed by atoms with Gasteiger partial charge in [-0.05, 0) is 43.7 Å². The molecular weight excluding hydrogens is 351 g/mol. The van der Waals surface area contributed by atoms with E-state index < -0.39 is 11.8 Å². The summed E-state index contributed by atoms with van der Waals surface area (Å²) in [6.07, 6.45) is 0. The van der Waals surface area contributed by atoms with E-state index in [0.29, 0.717) is 15.8 Å². The van der Waals surface area contributed by atoms with Crippen LogP contribution in [0.15, 0.2) is 36.4 Å². The maximum absolute atomic E-state index is 11.9. The summed E-state index contributed by atoms with van der Waals surface area (Å²) in [6.45, 7) is 3.65. The fourth-order valence-electron chi connectivity index (χ4n) is 2.02. The molecule has 0 bridgehead atoms. The van der Waals surface area contributed by atoms with E-state index >= 15 is 0 Å². The quantitative estimate of drug-likeness (QED) is 0.814. The predicted molar refractivity (Wildman–Crippen MR) is 93.5 cm³/mol. The van der Waals surface area contributed by atoms with E-state index in [0.717, 1.165) is 11.1 Å². The Morgan fingerprint density at radius 3 is 2.29 bits per heavy atom. The number of benzene rings is 2. The van der Waals surface area contributed by atoms with Crippen molar-refractivity contribution in [1.82, 2.24) is 10.9 Å². The Kier molecular flexibility index (Phi) is 6.06. The summed E-state index contributed by atoms with van der Waals surface area (Å²) < 4.78 is 5.42. The van der Waals surface area contributed by atoms with Crippen LogP contribution in [0.25, 0.3) is 0 Å². The number of nitrogens with one attached hydrogen (secondary N) is 2. The molecule has 0 heterocycles. The Balaban J connectivity index is 1.85. The minimum absolute atomic E-state index is 0.222. The van der Waals surface area contributed by atoms with Gasteiger partial charge in [0.2, 0.25) is 0 Å². The summed E-state index contributed by atoms with van der Waals surface area (Å²) >= 11 is 11.7. The van der Waals surface area contributed by atoms with Crippen molar-refractivity contribution in [2.24, 2.45) is 0 Å². The van der Waals surface area contributed by atoms with Gasteiger partial charge in [-0.3, -0.25) is 20.4 Å². The molecule has 2 amide bonds. The minimum atomic E-state index is -0.528. The molecule has 0 spiro atoms. The van der Waals surface area contributed by atoms with Gasteiger partial charge >= 0.3 is 0 Å². The van der Waals surface area contributed by atoms with Crippen LogP contribution in [-0.2, 0) is 4.79 Å². The van der Waals surface area contributed by atoms with E-state index in [1.54, 1.807) is 6.07 Å².